The van der Waals surface area contributed by atoms with Crippen LogP contribution in [0.3, 0.4) is 0 Å². The molecule has 0 spiro atoms. The Kier molecular flexibility index (Phi) is 4.74. The summed E-state index contributed by atoms with van der Waals surface area (Å²) in [7, 11) is 1.72. The summed E-state index contributed by atoms with van der Waals surface area (Å²) in [5, 5.41) is 3.82. The minimum Gasteiger partial charge on any atom is -0.497 e. The number of rotatable bonds is 4. The van der Waals surface area contributed by atoms with Crippen LogP contribution in [0.4, 0.5) is 0 Å². The van der Waals surface area contributed by atoms with Crippen molar-refractivity contribution in [3.63, 3.8) is 0 Å². The van der Waals surface area contributed by atoms with Gasteiger partial charge in [0.2, 0.25) is 0 Å². The van der Waals surface area contributed by atoms with Crippen molar-refractivity contribution in [1.82, 2.24) is 5.32 Å². The van der Waals surface area contributed by atoms with Crippen molar-refractivity contribution in [2.75, 3.05) is 7.11 Å². The molecule has 0 aromatic heterocycles. The first-order valence-electron chi connectivity index (χ1n) is 7.79. The van der Waals surface area contributed by atoms with E-state index in [-0.39, 0.29) is 0 Å². The van der Waals surface area contributed by atoms with Gasteiger partial charge in [0.15, 0.2) is 0 Å². The molecule has 1 aromatic carbocycles. The molecule has 0 amide bonds. The van der Waals surface area contributed by atoms with Crippen molar-refractivity contribution >= 4 is 0 Å². The summed E-state index contributed by atoms with van der Waals surface area (Å²) >= 11 is 0. The van der Waals surface area contributed by atoms with Gasteiger partial charge in [-0.3, -0.25) is 0 Å². The second kappa shape index (κ2) is 6.17. The smallest absolute Gasteiger partial charge is 0.119 e. The second-order valence-corrected chi connectivity index (χ2v) is 7.28. The average Bonchev–Trinajstić information content (AvgIpc) is 2.36. The van der Waals surface area contributed by atoms with Crippen LogP contribution in [0.25, 0.3) is 0 Å². The molecule has 112 valence electrons. The predicted molar refractivity (Wildman–Crippen MR) is 85.1 cm³/mol. The van der Waals surface area contributed by atoms with E-state index < -0.39 is 0 Å². The Morgan fingerprint density at radius 3 is 2.70 bits per heavy atom. The molecule has 1 aromatic rings. The quantitative estimate of drug-likeness (QED) is 0.869. The van der Waals surface area contributed by atoms with Gasteiger partial charge in [-0.05, 0) is 55.2 Å². The number of benzene rings is 1. The molecule has 20 heavy (non-hydrogen) atoms. The van der Waals surface area contributed by atoms with Crippen LogP contribution in [0, 0.1) is 11.3 Å². The van der Waals surface area contributed by atoms with Gasteiger partial charge in [-0.25, -0.2) is 0 Å². The first-order valence-corrected chi connectivity index (χ1v) is 7.79. The van der Waals surface area contributed by atoms with Gasteiger partial charge < -0.3 is 10.1 Å². The van der Waals surface area contributed by atoms with Crippen molar-refractivity contribution < 1.29 is 4.74 Å². The molecule has 1 aliphatic carbocycles. The van der Waals surface area contributed by atoms with E-state index in [4.69, 9.17) is 4.74 Å². The SMILES string of the molecule is COc1cccc(C(C)NC2CC(C)CC(C)(C)C2)c1. The van der Waals surface area contributed by atoms with Gasteiger partial charge in [0.25, 0.3) is 0 Å². The molecule has 0 saturated heterocycles. The van der Waals surface area contributed by atoms with Crippen molar-refractivity contribution in [2.24, 2.45) is 11.3 Å². The van der Waals surface area contributed by atoms with Gasteiger partial charge in [0, 0.05) is 12.1 Å². The van der Waals surface area contributed by atoms with E-state index in [0.29, 0.717) is 17.5 Å². The van der Waals surface area contributed by atoms with Crippen molar-refractivity contribution in [2.45, 2.75) is 59.0 Å². The Bertz CT molecular complexity index is 441. The maximum atomic E-state index is 5.32. The molecule has 2 heteroatoms. The normalized spacial score (nSPS) is 27.1. The van der Waals surface area contributed by atoms with Gasteiger partial charge >= 0.3 is 0 Å². The first kappa shape index (κ1) is 15.4. The summed E-state index contributed by atoms with van der Waals surface area (Å²) in [5.74, 6) is 1.75. The van der Waals surface area contributed by atoms with Crippen LogP contribution in [0.5, 0.6) is 5.75 Å². The predicted octanol–water partition coefficient (Wildman–Crippen LogP) is 4.56. The van der Waals surface area contributed by atoms with Crippen LogP contribution in [-0.2, 0) is 0 Å². The fraction of sp³-hybridized carbons (Fsp3) is 0.667. The highest BCUT2D eigenvalue weighted by molar-refractivity contribution is 5.30. The van der Waals surface area contributed by atoms with Gasteiger partial charge in [0.1, 0.15) is 5.75 Å². The van der Waals surface area contributed by atoms with Crippen LogP contribution in [-0.4, -0.2) is 13.2 Å². The number of methoxy groups -OCH3 is 1. The fourth-order valence-electron chi connectivity index (χ4n) is 3.83. The highest BCUT2D eigenvalue weighted by Gasteiger charge is 2.32. The molecule has 3 atom stereocenters. The average molecular weight is 275 g/mol. The Labute approximate surface area is 123 Å². The van der Waals surface area contributed by atoms with Gasteiger partial charge in [0.05, 0.1) is 7.11 Å². The Balaban J connectivity index is 2.01. The number of nitrogens with one attached hydrogen (secondary N) is 1. The zero-order chi connectivity index (χ0) is 14.8. The number of hydrogen-bond acceptors (Lipinski definition) is 2. The summed E-state index contributed by atoms with van der Waals surface area (Å²) < 4.78 is 5.32. The third kappa shape index (κ3) is 3.99. The molecule has 0 radical (unpaired) electrons. The van der Waals surface area contributed by atoms with Crippen LogP contribution in [0.15, 0.2) is 24.3 Å². The van der Waals surface area contributed by atoms with E-state index in [1.165, 1.54) is 24.8 Å². The summed E-state index contributed by atoms with van der Waals surface area (Å²) in [6.07, 6.45) is 3.90. The van der Waals surface area contributed by atoms with Crippen LogP contribution < -0.4 is 10.1 Å². The molecule has 1 saturated carbocycles. The highest BCUT2D eigenvalue weighted by Crippen LogP contribution is 2.39. The summed E-state index contributed by atoms with van der Waals surface area (Å²) in [5.41, 5.74) is 1.77. The van der Waals surface area contributed by atoms with Crippen molar-refractivity contribution in [3.05, 3.63) is 29.8 Å². The first-order chi connectivity index (χ1) is 9.39. The fourth-order valence-corrected chi connectivity index (χ4v) is 3.83. The van der Waals surface area contributed by atoms with Gasteiger partial charge in [-0.15, -0.1) is 0 Å². The summed E-state index contributed by atoms with van der Waals surface area (Å²) in [6.45, 7) is 9.42. The zero-order valence-corrected chi connectivity index (χ0v) is 13.6. The molecule has 1 aliphatic rings. The van der Waals surface area contributed by atoms with E-state index >= 15 is 0 Å². The van der Waals surface area contributed by atoms with E-state index in [2.05, 4.69) is 51.2 Å². The third-order valence-electron chi connectivity index (χ3n) is 4.47. The number of ether oxygens (including phenoxy) is 1. The van der Waals surface area contributed by atoms with Crippen LogP contribution >= 0.6 is 0 Å². The standard InChI is InChI=1S/C18H29NO/c1-13-9-16(12-18(3,4)11-13)19-14(2)15-7-6-8-17(10-15)20-5/h6-8,10,13-14,16,19H,9,11-12H2,1-5H3. The number of hydrogen-bond donors (Lipinski definition) is 1. The molecule has 2 rings (SSSR count). The van der Waals surface area contributed by atoms with Crippen molar-refractivity contribution in [3.8, 4) is 5.75 Å². The molecule has 1 N–H and O–H groups in total. The highest BCUT2D eigenvalue weighted by atomic mass is 16.5. The molecule has 1 fully saturated rings. The Hall–Kier alpha value is -1.02. The molecule has 0 bridgehead atoms. The maximum absolute atomic E-state index is 5.32. The maximum Gasteiger partial charge on any atom is 0.119 e. The van der Waals surface area contributed by atoms with E-state index in [1.807, 2.05) is 6.07 Å². The zero-order valence-electron chi connectivity index (χ0n) is 13.6. The summed E-state index contributed by atoms with van der Waals surface area (Å²) in [4.78, 5) is 0. The molecular weight excluding hydrogens is 246 g/mol. The molecule has 2 nitrogen and oxygen atoms in total. The second-order valence-electron chi connectivity index (χ2n) is 7.28. The van der Waals surface area contributed by atoms with Gasteiger partial charge in [-0.2, -0.15) is 0 Å². The molecule has 0 heterocycles. The minimum atomic E-state index is 0.371. The molecule has 0 aliphatic heterocycles. The van der Waals surface area contributed by atoms with Crippen LogP contribution in [0.1, 0.15) is 58.6 Å². The summed E-state index contributed by atoms with van der Waals surface area (Å²) in [6, 6.07) is 9.38. The van der Waals surface area contributed by atoms with Crippen LogP contribution in [0.2, 0.25) is 0 Å². The van der Waals surface area contributed by atoms with Gasteiger partial charge in [-0.1, -0.05) is 32.9 Å². The Morgan fingerprint density at radius 2 is 2.05 bits per heavy atom. The molecule has 3 unspecified atom stereocenters. The topological polar surface area (TPSA) is 21.3 Å². The van der Waals surface area contributed by atoms with E-state index in [0.717, 1.165) is 11.7 Å². The minimum absolute atomic E-state index is 0.371. The van der Waals surface area contributed by atoms with E-state index in [1.54, 1.807) is 7.11 Å². The largest absolute Gasteiger partial charge is 0.497 e. The molecular formula is C18H29NO. The van der Waals surface area contributed by atoms with E-state index in [9.17, 15) is 0 Å². The lowest BCUT2D eigenvalue weighted by Crippen LogP contribution is -2.41. The third-order valence-corrected chi connectivity index (χ3v) is 4.47. The lowest BCUT2D eigenvalue weighted by Gasteiger charge is -2.40. The van der Waals surface area contributed by atoms with Crippen molar-refractivity contribution in [1.29, 1.82) is 0 Å². The Morgan fingerprint density at radius 1 is 1.30 bits per heavy atom. The monoisotopic (exact) mass is 275 g/mol. The lowest BCUT2D eigenvalue weighted by atomic mass is 9.70. The lowest BCUT2D eigenvalue weighted by molar-refractivity contribution is 0.145.